The Hall–Kier alpha value is -2.29. The van der Waals surface area contributed by atoms with Crippen LogP contribution in [0.3, 0.4) is 0 Å². The van der Waals surface area contributed by atoms with Crippen LogP contribution in [0.5, 0.6) is 0 Å². The van der Waals surface area contributed by atoms with E-state index in [0.717, 1.165) is 5.56 Å². The topological polar surface area (TPSA) is 63.6 Å². The highest BCUT2D eigenvalue weighted by Crippen LogP contribution is 2.05. The van der Waals surface area contributed by atoms with Crippen molar-refractivity contribution in [2.24, 2.45) is 0 Å². The molecule has 0 aromatic heterocycles. The molecule has 0 unspecified atom stereocenters. The third-order valence-electron chi connectivity index (χ3n) is 3.24. The second-order valence-electron chi connectivity index (χ2n) is 5.62. The van der Waals surface area contributed by atoms with Gasteiger partial charge in [0.05, 0.1) is 11.1 Å². The molecule has 0 spiro atoms. The highest BCUT2D eigenvalue weighted by atomic mass is 35.7. The zero-order valence-electron chi connectivity index (χ0n) is 15.9. The number of halogens is 2. The SMILES string of the molecule is O=C(O)c1ccccc1.O=C(OCc1ccccc1)c1ccccc1.[CH3][Al]([Cl])[Cl]. The number of carboxylic acid groups (broad SMARTS) is 1. The van der Waals surface area contributed by atoms with E-state index >= 15 is 0 Å². The molecule has 0 saturated carbocycles. The third-order valence-corrected chi connectivity index (χ3v) is 3.24. The molecule has 0 aliphatic rings. The zero-order valence-corrected chi connectivity index (χ0v) is 18.5. The Morgan fingerprint density at radius 3 is 1.55 bits per heavy atom. The molecule has 0 amide bonds. The van der Waals surface area contributed by atoms with Crippen LogP contribution in [0.2, 0.25) is 5.79 Å². The van der Waals surface area contributed by atoms with Crippen molar-refractivity contribution in [2.75, 3.05) is 0 Å². The van der Waals surface area contributed by atoms with E-state index in [-0.39, 0.29) is 5.97 Å². The van der Waals surface area contributed by atoms with Crippen molar-refractivity contribution in [1.29, 1.82) is 0 Å². The summed E-state index contributed by atoms with van der Waals surface area (Å²) in [5.41, 5.74) is 1.91. The molecule has 0 saturated heterocycles. The fraction of sp³-hybridized carbons (Fsp3) is 0.0909. The second kappa shape index (κ2) is 14.7. The van der Waals surface area contributed by atoms with Crippen molar-refractivity contribution >= 4 is 44.3 Å². The predicted octanol–water partition coefficient (Wildman–Crippen LogP) is 6.01. The van der Waals surface area contributed by atoms with Crippen molar-refractivity contribution in [2.45, 2.75) is 12.4 Å². The van der Waals surface area contributed by atoms with Crippen LogP contribution in [0.15, 0.2) is 91.0 Å². The van der Waals surface area contributed by atoms with Gasteiger partial charge < -0.3 is 9.84 Å². The maximum absolute atomic E-state index is 11.6. The number of aromatic carboxylic acids is 1. The molecule has 7 heteroatoms. The summed E-state index contributed by atoms with van der Waals surface area (Å²) in [4.78, 5) is 21.8. The van der Waals surface area contributed by atoms with Gasteiger partial charge in [0.2, 0.25) is 0 Å². The monoisotopic (exact) mass is 446 g/mol. The Balaban J connectivity index is 0.000000272. The number of hydrogen-bond donors (Lipinski definition) is 1. The van der Waals surface area contributed by atoms with Gasteiger partial charge in [0, 0.05) is 0 Å². The number of ether oxygens (including phenoxy) is 1. The lowest BCUT2D eigenvalue weighted by molar-refractivity contribution is 0.0472. The summed E-state index contributed by atoms with van der Waals surface area (Å²) in [6.07, 6.45) is 0. The Labute approximate surface area is 183 Å². The van der Waals surface area contributed by atoms with Crippen LogP contribution in [-0.2, 0) is 11.3 Å². The van der Waals surface area contributed by atoms with Gasteiger partial charge in [-0.3, -0.25) is 0 Å². The predicted molar refractivity (Wildman–Crippen MR) is 119 cm³/mol. The molecule has 3 aromatic carbocycles. The van der Waals surface area contributed by atoms with Gasteiger partial charge in [-0.2, -0.15) is 0 Å². The molecule has 0 aliphatic heterocycles. The van der Waals surface area contributed by atoms with E-state index in [9.17, 15) is 9.59 Å². The average Bonchev–Trinajstić information content (AvgIpc) is 2.74. The minimum atomic E-state index is -1.19. The average molecular weight is 447 g/mol. The van der Waals surface area contributed by atoms with E-state index < -0.39 is 18.3 Å². The number of benzene rings is 3. The highest BCUT2D eigenvalue weighted by molar-refractivity contribution is 7.33. The summed E-state index contributed by atoms with van der Waals surface area (Å²) in [5, 5.41) is 8.38. The molecule has 0 fully saturated rings. The lowest BCUT2D eigenvalue weighted by atomic mass is 10.2. The van der Waals surface area contributed by atoms with E-state index in [1.54, 1.807) is 42.5 Å². The van der Waals surface area contributed by atoms with Crippen molar-refractivity contribution in [3.8, 4) is 0 Å². The number of carbonyl (C=O) groups is 2. The molecule has 0 aliphatic carbocycles. The van der Waals surface area contributed by atoms with E-state index in [0.29, 0.717) is 17.7 Å². The molecule has 150 valence electrons. The van der Waals surface area contributed by atoms with Crippen molar-refractivity contribution in [1.82, 2.24) is 0 Å². The maximum atomic E-state index is 11.6. The molecule has 1 N–H and O–H groups in total. The van der Waals surface area contributed by atoms with Gasteiger partial charge in [0.15, 0.2) is 0 Å². The Morgan fingerprint density at radius 2 is 1.17 bits per heavy atom. The number of carboxylic acids is 1. The number of esters is 1. The van der Waals surface area contributed by atoms with E-state index in [1.165, 1.54) is 0 Å². The molecule has 0 bridgehead atoms. The summed E-state index contributed by atoms with van der Waals surface area (Å²) >= 11 is -1.19. The van der Waals surface area contributed by atoms with Gasteiger partial charge in [0.25, 0.3) is 0 Å². The van der Waals surface area contributed by atoms with Gasteiger partial charge in [0.1, 0.15) is 6.61 Å². The molecule has 0 atom stereocenters. The minimum absolute atomic E-state index is 0.288. The third kappa shape index (κ3) is 12.0. The van der Waals surface area contributed by atoms with Gasteiger partial charge in [-0.25, -0.2) is 29.7 Å². The Morgan fingerprint density at radius 1 is 0.793 bits per heavy atom. The zero-order chi connectivity index (χ0) is 21.5. The Kier molecular flexibility index (Phi) is 12.5. The van der Waals surface area contributed by atoms with Crippen molar-refractivity contribution in [3.05, 3.63) is 108 Å². The fourth-order valence-electron chi connectivity index (χ4n) is 1.96. The van der Waals surface area contributed by atoms with Crippen molar-refractivity contribution < 1.29 is 19.4 Å². The summed E-state index contributed by atoms with van der Waals surface area (Å²) in [6.45, 7) is 0.314. The first-order valence-electron chi connectivity index (χ1n) is 8.72. The van der Waals surface area contributed by atoms with Crippen LogP contribution >= 0.6 is 20.1 Å². The molecule has 4 nitrogen and oxygen atoms in total. The first-order valence-corrected chi connectivity index (χ1v) is 13.4. The molecule has 29 heavy (non-hydrogen) atoms. The largest absolute Gasteiger partial charge is 0.516 e. The summed E-state index contributed by atoms with van der Waals surface area (Å²) < 4.78 is 5.18. The molecule has 3 rings (SSSR count). The summed E-state index contributed by atoms with van der Waals surface area (Å²) in [5.74, 6) is 0.670. The lowest BCUT2D eigenvalue weighted by Crippen LogP contribution is -2.04. The first kappa shape index (κ1) is 24.7. The molecular weight excluding hydrogens is 426 g/mol. The summed E-state index contributed by atoms with van der Waals surface area (Å²) in [7, 11) is 10.4. The summed E-state index contributed by atoms with van der Waals surface area (Å²) in [6, 6.07) is 26.9. The van der Waals surface area contributed by atoms with Crippen LogP contribution in [0.4, 0.5) is 0 Å². The number of carbonyl (C=O) groups excluding carboxylic acids is 1. The number of rotatable bonds is 4. The molecule has 0 radical (unpaired) electrons. The quantitative estimate of drug-likeness (QED) is 0.393. The Bertz CT molecular complexity index is 842. The van der Waals surface area contributed by atoms with Gasteiger partial charge in [-0.05, 0) is 29.8 Å². The lowest BCUT2D eigenvalue weighted by Gasteiger charge is -2.04. The van der Waals surface area contributed by atoms with Crippen molar-refractivity contribution in [3.63, 3.8) is 0 Å². The van der Waals surface area contributed by atoms with Crippen LogP contribution in [0, 0.1) is 0 Å². The van der Waals surface area contributed by atoms with Crippen LogP contribution < -0.4 is 0 Å². The van der Waals surface area contributed by atoms with Crippen LogP contribution in [-0.4, -0.2) is 29.4 Å². The van der Waals surface area contributed by atoms with Gasteiger partial charge in [-0.15, -0.1) is 0 Å². The van der Waals surface area contributed by atoms with E-state index in [1.807, 2.05) is 54.3 Å². The van der Waals surface area contributed by atoms with E-state index in [2.05, 4.69) is 0 Å². The van der Waals surface area contributed by atoms with Crippen LogP contribution in [0.25, 0.3) is 0 Å². The molecule has 3 aromatic rings. The number of hydrogen-bond acceptors (Lipinski definition) is 3. The normalized spacial score (nSPS) is 9.07. The van der Waals surface area contributed by atoms with Gasteiger partial charge >= 0.3 is 24.2 Å². The second-order valence-corrected chi connectivity index (χ2v) is 11.3. The maximum Gasteiger partial charge on any atom is 0.516 e. The minimum Gasteiger partial charge on any atom is -0.478 e. The van der Waals surface area contributed by atoms with Gasteiger partial charge in [-0.1, -0.05) is 72.5 Å². The fourth-order valence-corrected chi connectivity index (χ4v) is 1.96. The molecule has 0 heterocycles. The van der Waals surface area contributed by atoms with E-state index in [4.69, 9.17) is 29.9 Å². The molecular formula is C22H21AlCl2O4. The first-order chi connectivity index (χ1) is 13.9. The highest BCUT2D eigenvalue weighted by Gasteiger charge is 2.05. The standard InChI is InChI=1S/C14H12O2.C7H6O2.CH3.Al.2ClH/c15-14(13-9-5-2-6-10-13)16-11-12-7-3-1-4-8-12;8-7(9)6-4-2-1-3-5-6;;;;/h1-10H,11H2;1-5H,(H,8,9);1H3;;2*1H/q;;;+2;;/p-2. The smallest absolute Gasteiger partial charge is 0.478 e. The van der Waals surface area contributed by atoms with Crippen LogP contribution in [0.1, 0.15) is 26.3 Å².